The van der Waals surface area contributed by atoms with Crippen molar-refractivity contribution in [1.82, 2.24) is 9.80 Å². The smallest absolute Gasteiger partial charge is 0.305 e. The van der Waals surface area contributed by atoms with Gasteiger partial charge in [-0.25, -0.2) is 0 Å². The molecule has 1 aromatic rings. The summed E-state index contributed by atoms with van der Waals surface area (Å²) in [5, 5.41) is 10.7. The fourth-order valence-electron chi connectivity index (χ4n) is 2.92. The van der Waals surface area contributed by atoms with Crippen LogP contribution in [0.3, 0.4) is 0 Å². The third kappa shape index (κ3) is 2.96. The number of hydrogen-bond acceptors (Lipinski definition) is 4. The molecule has 2 atom stereocenters. The Labute approximate surface area is 118 Å². The number of rotatable bonds is 4. The number of likely N-dealkylation sites (N-methyl/N-ethyl adjacent to an activating group) is 1. The van der Waals surface area contributed by atoms with E-state index in [4.69, 9.17) is 0 Å². The number of halogens is 1. The third-order valence-corrected chi connectivity index (χ3v) is 3.96. The zero-order chi connectivity index (χ0) is 14.9. The zero-order valence-corrected chi connectivity index (χ0v) is 12.0. The molecule has 20 heavy (non-hydrogen) atoms. The minimum atomic E-state index is -0.710. The molecule has 1 saturated heterocycles. The van der Waals surface area contributed by atoms with Gasteiger partial charge in [-0.05, 0) is 20.0 Å². The summed E-state index contributed by atoms with van der Waals surface area (Å²) in [6.07, 6.45) is 0. The van der Waals surface area contributed by atoms with Crippen molar-refractivity contribution in [3.8, 4) is 0 Å². The molecular weight excluding hydrogens is 261 g/mol. The maximum absolute atomic E-state index is 14.1. The van der Waals surface area contributed by atoms with E-state index in [1.165, 1.54) is 6.07 Å². The normalized spacial score (nSPS) is 23.4. The Kier molecular flexibility index (Phi) is 4.35. The summed E-state index contributed by atoms with van der Waals surface area (Å²) in [5.41, 5.74) is -0.0512. The first-order valence-corrected chi connectivity index (χ1v) is 6.70. The molecule has 6 heteroatoms. The zero-order valence-electron chi connectivity index (χ0n) is 12.0. The molecule has 1 aromatic carbocycles. The first kappa shape index (κ1) is 14.9. The van der Waals surface area contributed by atoms with Crippen LogP contribution >= 0.6 is 0 Å². The predicted octanol–water partition coefficient (Wildman–Crippen LogP) is 2.12. The van der Waals surface area contributed by atoms with Crippen LogP contribution in [0.25, 0.3) is 0 Å². The van der Waals surface area contributed by atoms with Gasteiger partial charge in [0.2, 0.25) is 5.82 Å². The predicted molar refractivity (Wildman–Crippen MR) is 75.0 cm³/mol. The van der Waals surface area contributed by atoms with Crippen LogP contribution in [0, 0.1) is 21.8 Å². The number of hydrogen-bond donors (Lipinski definition) is 0. The van der Waals surface area contributed by atoms with E-state index in [0.717, 1.165) is 13.1 Å². The van der Waals surface area contributed by atoms with Crippen molar-refractivity contribution in [1.29, 1.82) is 0 Å². The van der Waals surface area contributed by atoms with Crippen LogP contribution in [0.2, 0.25) is 0 Å². The maximum atomic E-state index is 14.1. The van der Waals surface area contributed by atoms with Crippen LogP contribution in [-0.4, -0.2) is 47.9 Å². The van der Waals surface area contributed by atoms with E-state index in [9.17, 15) is 14.5 Å². The van der Waals surface area contributed by atoms with E-state index >= 15 is 0 Å². The van der Waals surface area contributed by atoms with Crippen LogP contribution in [0.15, 0.2) is 18.2 Å². The number of benzene rings is 1. The Morgan fingerprint density at radius 1 is 1.45 bits per heavy atom. The fourth-order valence-corrected chi connectivity index (χ4v) is 2.92. The molecule has 0 spiro atoms. The molecule has 0 saturated carbocycles. The highest BCUT2D eigenvalue weighted by Gasteiger charge is 2.31. The van der Waals surface area contributed by atoms with Gasteiger partial charge in [0, 0.05) is 37.3 Å². The summed E-state index contributed by atoms with van der Waals surface area (Å²) in [6, 6.07) is 4.81. The molecule has 1 aliphatic rings. The van der Waals surface area contributed by atoms with E-state index < -0.39 is 16.4 Å². The molecule has 0 N–H and O–H groups in total. The van der Waals surface area contributed by atoms with Gasteiger partial charge in [0.25, 0.3) is 0 Å². The molecule has 0 radical (unpaired) electrons. The van der Waals surface area contributed by atoms with Crippen LogP contribution < -0.4 is 0 Å². The molecule has 0 aromatic heterocycles. The highest BCUT2D eigenvalue weighted by Crippen LogP contribution is 2.25. The Hall–Kier alpha value is -1.53. The lowest BCUT2D eigenvalue weighted by atomic mass is 10.1. The summed E-state index contributed by atoms with van der Waals surface area (Å²) >= 11 is 0. The minimum Gasteiger partial charge on any atom is -0.305 e. The Morgan fingerprint density at radius 3 is 2.70 bits per heavy atom. The molecular formula is C14H20FN3O2. The van der Waals surface area contributed by atoms with E-state index in [1.54, 1.807) is 12.1 Å². The second kappa shape index (κ2) is 5.85. The van der Waals surface area contributed by atoms with Crippen LogP contribution in [0.4, 0.5) is 10.1 Å². The van der Waals surface area contributed by atoms with Gasteiger partial charge >= 0.3 is 5.69 Å². The quantitative estimate of drug-likeness (QED) is 0.626. The van der Waals surface area contributed by atoms with Gasteiger partial charge in [-0.15, -0.1) is 0 Å². The summed E-state index contributed by atoms with van der Waals surface area (Å²) in [7, 11) is 4.08. The lowest BCUT2D eigenvalue weighted by Crippen LogP contribution is -2.34. The Morgan fingerprint density at radius 2 is 2.15 bits per heavy atom. The Bertz CT molecular complexity index is 507. The summed E-state index contributed by atoms with van der Waals surface area (Å²) in [6.45, 7) is 4.33. The molecule has 2 rings (SSSR count). The van der Waals surface area contributed by atoms with Crippen molar-refractivity contribution in [3.63, 3.8) is 0 Å². The number of likely N-dealkylation sites (tertiary alicyclic amines) is 1. The van der Waals surface area contributed by atoms with Crippen molar-refractivity contribution in [2.75, 3.05) is 27.2 Å². The second-order valence-corrected chi connectivity index (χ2v) is 5.71. The van der Waals surface area contributed by atoms with Crippen molar-refractivity contribution < 1.29 is 9.31 Å². The monoisotopic (exact) mass is 281 g/mol. The lowest BCUT2D eigenvalue weighted by Gasteiger charge is -2.22. The molecule has 0 amide bonds. The van der Waals surface area contributed by atoms with Gasteiger partial charge in [-0.3, -0.25) is 15.0 Å². The molecule has 2 unspecified atom stereocenters. The fraction of sp³-hybridized carbons (Fsp3) is 0.571. The van der Waals surface area contributed by atoms with Gasteiger partial charge < -0.3 is 4.90 Å². The molecule has 5 nitrogen and oxygen atoms in total. The van der Waals surface area contributed by atoms with E-state index in [2.05, 4.69) is 16.7 Å². The molecule has 0 aliphatic carbocycles. The average Bonchev–Trinajstić information content (AvgIpc) is 2.72. The summed E-state index contributed by atoms with van der Waals surface area (Å²) < 4.78 is 14.1. The van der Waals surface area contributed by atoms with Crippen molar-refractivity contribution in [3.05, 3.63) is 39.7 Å². The molecule has 1 aliphatic heterocycles. The molecule has 1 fully saturated rings. The van der Waals surface area contributed by atoms with E-state index in [1.807, 2.05) is 14.1 Å². The average molecular weight is 281 g/mol. The van der Waals surface area contributed by atoms with Crippen molar-refractivity contribution in [2.45, 2.75) is 19.5 Å². The Balaban J connectivity index is 2.12. The first-order valence-electron chi connectivity index (χ1n) is 6.70. The van der Waals surface area contributed by atoms with Gasteiger partial charge in [-0.1, -0.05) is 19.1 Å². The molecule has 110 valence electrons. The minimum absolute atomic E-state index is 0.394. The lowest BCUT2D eigenvalue weighted by molar-refractivity contribution is -0.387. The van der Waals surface area contributed by atoms with Crippen LogP contribution in [-0.2, 0) is 6.54 Å². The third-order valence-electron chi connectivity index (χ3n) is 3.96. The highest BCUT2D eigenvalue weighted by atomic mass is 19.1. The summed E-state index contributed by atoms with van der Waals surface area (Å²) in [5.74, 6) is -0.204. The number of nitro benzene ring substituents is 1. The van der Waals surface area contributed by atoms with E-state index in [0.29, 0.717) is 24.1 Å². The van der Waals surface area contributed by atoms with Crippen LogP contribution in [0.1, 0.15) is 12.5 Å². The van der Waals surface area contributed by atoms with Gasteiger partial charge in [-0.2, -0.15) is 4.39 Å². The van der Waals surface area contributed by atoms with Crippen LogP contribution in [0.5, 0.6) is 0 Å². The first-order chi connectivity index (χ1) is 9.40. The maximum Gasteiger partial charge on any atom is 0.305 e. The van der Waals surface area contributed by atoms with Gasteiger partial charge in [0.1, 0.15) is 0 Å². The molecule has 1 heterocycles. The van der Waals surface area contributed by atoms with Gasteiger partial charge in [0.05, 0.1) is 4.92 Å². The molecule has 0 bridgehead atoms. The van der Waals surface area contributed by atoms with Crippen molar-refractivity contribution in [2.24, 2.45) is 5.92 Å². The number of nitro groups is 1. The van der Waals surface area contributed by atoms with E-state index in [-0.39, 0.29) is 0 Å². The SMILES string of the molecule is CC1CN(Cc2cccc([N+](=O)[O-])c2F)CC1N(C)C. The summed E-state index contributed by atoms with van der Waals surface area (Å²) in [4.78, 5) is 14.4. The van der Waals surface area contributed by atoms with Gasteiger partial charge in [0.15, 0.2) is 0 Å². The largest absolute Gasteiger partial charge is 0.305 e. The second-order valence-electron chi connectivity index (χ2n) is 5.71. The topological polar surface area (TPSA) is 49.6 Å². The highest BCUT2D eigenvalue weighted by molar-refractivity contribution is 5.36. The van der Waals surface area contributed by atoms with Crippen molar-refractivity contribution >= 4 is 5.69 Å². The number of nitrogens with zero attached hydrogens (tertiary/aromatic N) is 3. The standard InChI is InChI=1S/C14H20FN3O2/c1-10-7-17(9-13(10)16(2)3)8-11-5-4-6-12(14(11)15)18(19)20/h4-6,10,13H,7-9H2,1-3H3.